The summed E-state index contributed by atoms with van der Waals surface area (Å²) >= 11 is 16.9. The fraction of sp³-hybridized carbons (Fsp3) is 0.476. The fourth-order valence-corrected chi connectivity index (χ4v) is 846. The van der Waals surface area contributed by atoms with E-state index in [1.54, 1.807) is 12.1 Å². The monoisotopic (exact) mass is 2510 g/mol. The van der Waals surface area contributed by atoms with Crippen molar-refractivity contribution in [3.8, 4) is 17.2 Å². The number of primary amides is 2. The van der Waals surface area contributed by atoms with Gasteiger partial charge in [-0.1, -0.05) is 102 Å². The summed E-state index contributed by atoms with van der Waals surface area (Å²) in [7, 11) is 2.96. The molecular weight excluding hydrogens is 2410 g/mol. The van der Waals surface area contributed by atoms with Crippen molar-refractivity contribution < 1.29 is 37.4 Å². The Bertz CT molecular complexity index is 2690. The quantitative estimate of drug-likeness (QED) is 0.0342. The van der Waals surface area contributed by atoms with E-state index in [1.807, 2.05) is 89.8 Å². The number of carbonyl (C=O) groups excluding carboxylic acids is 3. The Balaban J connectivity index is 0.000000593. The van der Waals surface area contributed by atoms with Gasteiger partial charge in [0.25, 0.3) is 0 Å². The number of likely N-dealkylation sites (tertiary alicyclic amines) is 2. The van der Waals surface area contributed by atoms with Gasteiger partial charge in [-0.25, -0.2) is 18.4 Å². The second kappa shape index (κ2) is 53.1. The second-order valence-corrected chi connectivity index (χ2v) is 217. The summed E-state index contributed by atoms with van der Waals surface area (Å²) in [5, 5.41) is 9.13. The van der Waals surface area contributed by atoms with Crippen molar-refractivity contribution in [3.63, 3.8) is 0 Å². The molecule has 0 aromatic heterocycles. The van der Waals surface area contributed by atoms with Crippen LogP contribution in [0.2, 0.25) is 0 Å². The molecule has 2 saturated heterocycles. The Labute approximate surface area is 634 Å². The van der Waals surface area contributed by atoms with Crippen LogP contribution in [0.25, 0.3) is 0 Å². The van der Waals surface area contributed by atoms with Crippen LogP contribution in [-0.2, 0) is 37.5 Å². The summed E-state index contributed by atoms with van der Waals surface area (Å²) in [5.74, 6) is 3.40. The Hall–Kier alpha value is 1.24. The maximum absolute atomic E-state index is 13.3. The zero-order valence-corrected chi connectivity index (χ0v) is 77.1. The van der Waals surface area contributed by atoms with Crippen LogP contribution < -0.4 is 47.4 Å². The van der Waals surface area contributed by atoms with Gasteiger partial charge in [0.1, 0.15) is 28.9 Å². The van der Waals surface area contributed by atoms with Gasteiger partial charge in [-0.3, -0.25) is 4.79 Å². The number of nitrogens with two attached hydrogens (primary N) is 3. The van der Waals surface area contributed by atoms with Crippen molar-refractivity contribution in [1.29, 1.82) is 0 Å². The topological polar surface area (TPSA) is 203 Å². The summed E-state index contributed by atoms with van der Waals surface area (Å²) in [6.07, 6.45) is 4.29. The molecule has 0 unspecified atom stereocenters. The molecule has 0 spiro atoms. The van der Waals surface area contributed by atoms with E-state index in [0.717, 1.165) is 84.1 Å². The molecular formula is C63H94F2I11N9O6. The Morgan fingerprint density at radius 2 is 0.857 bits per heavy atom. The molecule has 0 bridgehead atoms. The molecule has 9 N–H and O–H groups in total. The van der Waals surface area contributed by atoms with Gasteiger partial charge < -0.3 is 62.1 Å². The van der Waals surface area contributed by atoms with E-state index >= 15 is 0 Å². The Morgan fingerprint density at radius 1 is 0.538 bits per heavy atom. The zero-order valence-electron chi connectivity index (χ0n) is 53.2. The van der Waals surface area contributed by atoms with E-state index < -0.39 is 6.03 Å². The standard InChI is InChI=1S/C25H34FN3O2.C13H19FN2.C12H18N2O2.C11H17NO.C2H5NO.I10.HI/c1-19(2)18-31-24-10-6-20(7-11-24)16-27-25(30)29(23-12-14-28(3)15-13-23)17-21-4-8-22(26)9-5-21;1-16-8-6-13(7-9-16)15-10-11-2-4-12(14)5-3-11;1-9(2)8-16-11-5-3-10(4-6-11)7-14-12(13)15;1-9(2)8-13-11-5-3-10(7-12)4-6-11;1-2(3)4;1-7(2)9(5)10(6)8(3)4;/h4-11,19,23H,12-18H2,1-3H3,(H,27,30);2-5,13,15H,6-10H2,1H3;3-6,9H,7-8H2,1-2H3,(H3,13,14,15);3-6,9H,7-8,12H2,1-2H3;1H3,(H2,3,4);;1H. The second-order valence-electron chi connectivity index (χ2n) is 22.3. The number of ether oxygens (including phenoxy) is 3. The SMILES string of the molecule is CC(C)COc1ccc(CN)cc1.CC(C)COc1ccc(CNC(=O)N(Cc2ccc(F)cc2)C2CCN(C)CC2)cc1.CC(C)COc1ccc(CNC(N)=O)cc1.CC(N)=O.CN1CCC(NCc2ccc(F)cc2)CC1.I.II(I)I(I)I(I)I(I)I. The normalized spacial score (nSPS) is 13.8. The average Bonchev–Trinajstić information content (AvgIpc) is 1.64. The maximum atomic E-state index is 13.3. The first-order chi connectivity index (χ1) is 42.6. The number of carbonyl (C=O) groups is 3. The molecule has 0 radical (unpaired) electrons. The van der Waals surface area contributed by atoms with Crippen LogP contribution in [0.3, 0.4) is 0 Å². The third-order valence-electron chi connectivity index (χ3n) is 12.8. The fourth-order valence-electron chi connectivity index (χ4n) is 7.98. The molecule has 5 amide bonds. The predicted molar refractivity (Wildman–Crippen MR) is 474 cm³/mol. The van der Waals surface area contributed by atoms with Gasteiger partial charge in [0, 0.05) is 51.7 Å². The van der Waals surface area contributed by atoms with Gasteiger partial charge in [0.05, 0.1) is 19.8 Å². The molecule has 91 heavy (non-hydrogen) atoms. The first-order valence-electron chi connectivity index (χ1n) is 29.2. The van der Waals surface area contributed by atoms with Gasteiger partial charge in [-0.15, -0.1) is 24.0 Å². The Kier molecular flexibility index (Phi) is 52.7. The van der Waals surface area contributed by atoms with E-state index in [2.05, 4.69) is 199 Å². The number of amides is 5. The number of piperidine rings is 2. The molecule has 0 atom stereocenters. The van der Waals surface area contributed by atoms with E-state index in [9.17, 15) is 23.2 Å². The van der Waals surface area contributed by atoms with E-state index in [1.165, 1.54) is 57.1 Å². The first kappa shape index (κ1) is 90.3. The number of hydrogen-bond acceptors (Lipinski definition) is 10. The van der Waals surface area contributed by atoms with Crippen LogP contribution in [0.5, 0.6) is 17.2 Å². The Morgan fingerprint density at radius 3 is 1.20 bits per heavy atom. The molecule has 5 aromatic carbocycles. The van der Waals surface area contributed by atoms with Crippen molar-refractivity contribution in [2.75, 3.05) is 60.1 Å². The van der Waals surface area contributed by atoms with Crippen molar-refractivity contribution in [2.24, 2.45) is 35.0 Å². The van der Waals surface area contributed by atoms with Crippen LogP contribution in [0.1, 0.15) is 102 Å². The molecule has 0 saturated carbocycles. The minimum atomic E-state index is -0.514. The molecule has 5 aromatic rings. The first-order valence-corrected chi connectivity index (χ1v) is 85.8. The minimum absolute atomic E-state index is 0. The summed E-state index contributed by atoms with van der Waals surface area (Å²) < 4.78 is 42.8. The van der Waals surface area contributed by atoms with E-state index in [0.29, 0.717) is 63.2 Å². The van der Waals surface area contributed by atoms with Gasteiger partial charge in [0.15, 0.2) is 0 Å². The van der Waals surface area contributed by atoms with Crippen LogP contribution in [0.15, 0.2) is 121 Å². The van der Waals surface area contributed by atoms with E-state index in [4.69, 9.17) is 25.7 Å². The van der Waals surface area contributed by atoms with Gasteiger partial charge in [-0.2, -0.15) is 0 Å². The molecule has 2 aliphatic rings. The third kappa shape index (κ3) is 44.9. The number of urea groups is 2. The number of rotatable bonds is 23. The molecule has 15 nitrogen and oxygen atoms in total. The van der Waals surface area contributed by atoms with Crippen molar-refractivity contribution in [3.05, 3.63) is 161 Å². The number of nitrogens with one attached hydrogen (secondary N) is 3. The summed E-state index contributed by atoms with van der Waals surface area (Å²) in [6.45, 7) is 23.2. The zero-order chi connectivity index (χ0) is 67.1. The number of halogens is 13. The van der Waals surface area contributed by atoms with Crippen LogP contribution in [0.4, 0.5) is 18.4 Å². The van der Waals surface area contributed by atoms with E-state index in [-0.39, 0.29) is 85.2 Å². The van der Waals surface area contributed by atoms with Crippen LogP contribution in [-0.4, -0.2) is 105 Å². The summed E-state index contributed by atoms with van der Waals surface area (Å²) in [6, 6.07) is 36.7. The number of hydrogen-bond donors (Lipinski definition) is 6. The molecule has 2 aliphatic heterocycles. The van der Waals surface area contributed by atoms with Crippen molar-refractivity contribution in [2.45, 2.75) is 119 Å². The number of nitrogens with zero attached hydrogens (tertiary/aromatic N) is 3. The summed E-state index contributed by atoms with van der Waals surface area (Å²) in [5.41, 5.74) is 20.2. The molecule has 0 aliphatic carbocycles. The van der Waals surface area contributed by atoms with Gasteiger partial charge in [0.2, 0.25) is 5.91 Å². The van der Waals surface area contributed by atoms with Crippen molar-refractivity contribution >= 4 is 185 Å². The predicted octanol–water partition coefficient (Wildman–Crippen LogP) is 19.7. The molecule has 518 valence electrons. The van der Waals surface area contributed by atoms with Gasteiger partial charge >= 0.3 is 155 Å². The number of benzene rings is 5. The molecule has 2 fully saturated rings. The summed E-state index contributed by atoms with van der Waals surface area (Å²) in [4.78, 5) is 39.4. The van der Waals surface area contributed by atoms with Crippen LogP contribution >= 0.6 is 167 Å². The molecule has 2 heterocycles. The van der Waals surface area contributed by atoms with Crippen LogP contribution in [0, 0.1) is 29.4 Å². The van der Waals surface area contributed by atoms with Crippen molar-refractivity contribution in [1.82, 2.24) is 30.7 Å². The molecule has 28 heteroatoms. The molecule has 7 rings (SSSR count). The average molecular weight is 2510 g/mol. The third-order valence-corrected chi connectivity index (χ3v) is 508. The van der Waals surface area contributed by atoms with Gasteiger partial charge in [-0.05, 0) is 172 Å².